The number of aryl methyl sites for hydroxylation is 1. The second-order valence-corrected chi connectivity index (χ2v) is 22.3. The van der Waals surface area contributed by atoms with Crippen LogP contribution in [0.15, 0.2) is 79.0 Å². The third-order valence-corrected chi connectivity index (χ3v) is 13.7. The van der Waals surface area contributed by atoms with Crippen molar-refractivity contribution in [2.75, 3.05) is 84.4 Å². The number of H-pyrrole nitrogens is 1. The first-order valence-corrected chi connectivity index (χ1v) is 29.8. The standard InChI is InChI=1S/C62H81N13O16/c1-38(2)53(72-57(82)46(18-21-52(79)80)69-48(76)22-26-86-29-31-88-33-34-89-32-30-87-28-25-75-50(77)19-20-51(75)78)58(83)71-45(11-8-23-64-60(63)84)56(81)68-42-15-12-40(13-16-42)37-91-61(85)65-24-27-90-49-36-66-43-17-14-41(35-47(43)70-49)54-55(44-10-7-9-39(3)67-44)74-59(73-54)62(4,5)6/h7,9-10,12-17,19-20,35-36,38,45-46,53H,8,11,18,21-34,37H2,1-6H3,(H,65,85)(H,68,81)(H,69,76)(H,71,83)(H,72,82)(H,73,74)(H,79,80)(H3,63,64,84)/t45-,46-,53-/m0/s1. The summed E-state index contributed by atoms with van der Waals surface area (Å²) in [6.45, 7) is 13.2. The van der Waals surface area contributed by atoms with Gasteiger partial charge in [0.05, 0.1) is 100 Å². The van der Waals surface area contributed by atoms with Crippen LogP contribution in [0, 0.1) is 12.8 Å². The highest BCUT2D eigenvalue weighted by atomic mass is 16.6. The molecule has 10 N–H and O–H groups in total. The van der Waals surface area contributed by atoms with Crippen LogP contribution in [-0.2, 0) is 69.3 Å². The molecule has 5 aromatic rings. The molecular weight excluding hydrogens is 1180 g/mol. The van der Waals surface area contributed by atoms with E-state index in [0.29, 0.717) is 22.3 Å². The molecule has 0 saturated heterocycles. The zero-order chi connectivity index (χ0) is 65.9. The van der Waals surface area contributed by atoms with Crippen LogP contribution in [0.4, 0.5) is 15.3 Å². The number of imide groups is 1. The number of hydrogen-bond acceptors (Lipinski definition) is 19. The predicted molar refractivity (Wildman–Crippen MR) is 331 cm³/mol. The highest BCUT2D eigenvalue weighted by molar-refractivity contribution is 6.12. The Labute approximate surface area is 526 Å². The summed E-state index contributed by atoms with van der Waals surface area (Å²) in [5, 5.41) is 25.1. The van der Waals surface area contributed by atoms with Crippen molar-refractivity contribution in [1.82, 2.24) is 56.4 Å². The monoisotopic (exact) mass is 1260 g/mol. The van der Waals surface area contributed by atoms with Gasteiger partial charge in [-0.1, -0.05) is 58.9 Å². The number of imidazole rings is 1. The molecule has 2 aromatic carbocycles. The smallest absolute Gasteiger partial charge is 0.407 e. The second-order valence-electron chi connectivity index (χ2n) is 22.3. The maximum atomic E-state index is 13.9. The number of amides is 9. The van der Waals surface area contributed by atoms with Gasteiger partial charge in [0.1, 0.15) is 37.2 Å². The lowest BCUT2D eigenvalue weighted by molar-refractivity contribution is -0.139. The van der Waals surface area contributed by atoms with Crippen molar-refractivity contribution in [3.63, 3.8) is 0 Å². The van der Waals surface area contributed by atoms with Gasteiger partial charge in [-0.2, -0.15) is 0 Å². The molecule has 3 atom stereocenters. The summed E-state index contributed by atoms with van der Waals surface area (Å²) in [6.07, 6.45) is 2.44. The number of carboxylic acids is 1. The SMILES string of the molecule is Cc1cccc(-c2[nH]c(C(C)(C)C)nc2-c2ccc3ncc(OCCNC(=O)OCc4ccc(NC(=O)[C@H](CCCNC(N)=O)NC(=O)[C@@H](NC(=O)[C@H](CCC(=O)O)NC(=O)CCOCCOCCOCCOCCN5C(=O)C=CC5=O)C(C)C)cc4)nc3c2)n1. The number of fused-ring (bicyclic) bond motifs is 1. The molecule has 91 heavy (non-hydrogen) atoms. The number of aromatic nitrogens is 5. The number of nitrogens with two attached hydrogens (primary N) is 1. The van der Waals surface area contributed by atoms with Gasteiger partial charge >= 0.3 is 18.1 Å². The van der Waals surface area contributed by atoms with E-state index in [-0.39, 0.29) is 134 Å². The summed E-state index contributed by atoms with van der Waals surface area (Å²) in [7, 11) is 0. The number of carboxylic acid groups (broad SMARTS) is 1. The Morgan fingerprint density at radius 1 is 0.703 bits per heavy atom. The Balaban J connectivity index is 0.920. The highest BCUT2D eigenvalue weighted by Gasteiger charge is 2.32. The number of alkyl carbamates (subject to hydrolysis) is 1. The van der Waals surface area contributed by atoms with Crippen LogP contribution in [0.25, 0.3) is 33.7 Å². The second kappa shape index (κ2) is 35.7. The summed E-state index contributed by atoms with van der Waals surface area (Å²) < 4.78 is 33.0. The quantitative estimate of drug-likeness (QED) is 0.0201. The Bertz CT molecular complexity index is 3310. The summed E-state index contributed by atoms with van der Waals surface area (Å²) in [6, 6.07) is 13.3. The highest BCUT2D eigenvalue weighted by Crippen LogP contribution is 2.34. The molecule has 0 aliphatic carbocycles. The largest absolute Gasteiger partial charge is 0.481 e. The number of carbonyl (C=O) groups is 9. The zero-order valence-corrected chi connectivity index (χ0v) is 51.9. The maximum Gasteiger partial charge on any atom is 0.407 e. The molecule has 29 heteroatoms. The summed E-state index contributed by atoms with van der Waals surface area (Å²) in [5.74, 6) is -4.34. The van der Waals surface area contributed by atoms with Gasteiger partial charge in [0.25, 0.3) is 11.8 Å². The first kappa shape index (κ1) is 70.6. The van der Waals surface area contributed by atoms with Gasteiger partial charge in [-0.25, -0.2) is 24.5 Å². The van der Waals surface area contributed by atoms with E-state index in [9.17, 15) is 48.3 Å². The number of aromatic amines is 1. The summed E-state index contributed by atoms with van der Waals surface area (Å²) in [4.78, 5) is 137. The molecule has 1 aliphatic rings. The van der Waals surface area contributed by atoms with E-state index in [4.69, 9.17) is 44.1 Å². The van der Waals surface area contributed by atoms with Gasteiger partial charge in [-0.15, -0.1) is 0 Å². The van der Waals surface area contributed by atoms with Crippen LogP contribution in [-0.4, -0.2) is 186 Å². The van der Waals surface area contributed by atoms with Crippen molar-refractivity contribution in [3.05, 3.63) is 96.1 Å². The molecule has 0 saturated carbocycles. The number of nitrogens with zero attached hydrogens (tertiary/aromatic N) is 5. The van der Waals surface area contributed by atoms with Crippen molar-refractivity contribution in [1.29, 1.82) is 0 Å². The molecular formula is C62H81N13O16. The van der Waals surface area contributed by atoms with E-state index in [1.54, 1.807) is 38.1 Å². The fraction of sp³-hybridized carbons (Fsp3) is 0.468. The van der Waals surface area contributed by atoms with Crippen LogP contribution in [0.5, 0.6) is 5.88 Å². The van der Waals surface area contributed by atoms with Gasteiger partial charge in [0.2, 0.25) is 29.5 Å². The maximum absolute atomic E-state index is 13.9. The molecule has 4 heterocycles. The Hall–Kier alpha value is -9.45. The van der Waals surface area contributed by atoms with E-state index in [1.807, 2.05) is 43.3 Å². The Morgan fingerprint density at radius 2 is 1.37 bits per heavy atom. The van der Waals surface area contributed by atoms with E-state index < -0.39 is 72.2 Å². The number of hydrogen-bond donors (Lipinski definition) is 9. The number of urea groups is 1. The average molecular weight is 1260 g/mol. The molecule has 0 spiro atoms. The van der Waals surface area contributed by atoms with Crippen LogP contribution < -0.4 is 42.4 Å². The summed E-state index contributed by atoms with van der Waals surface area (Å²) in [5.41, 5.74) is 11.1. The molecule has 3 aromatic heterocycles. The third-order valence-electron chi connectivity index (χ3n) is 13.7. The van der Waals surface area contributed by atoms with E-state index in [1.165, 1.54) is 18.3 Å². The lowest BCUT2D eigenvalue weighted by atomic mass is 9.96. The van der Waals surface area contributed by atoms with Gasteiger partial charge in [-0.3, -0.25) is 43.4 Å². The third kappa shape index (κ3) is 23.8. The first-order chi connectivity index (χ1) is 43.5. The van der Waals surface area contributed by atoms with E-state index in [0.717, 1.165) is 39.1 Å². The van der Waals surface area contributed by atoms with Crippen LogP contribution in [0.1, 0.15) is 83.8 Å². The molecule has 6 rings (SSSR count). The number of ether oxygens (including phenoxy) is 6. The number of rotatable bonds is 38. The number of anilines is 1. The molecule has 490 valence electrons. The van der Waals surface area contributed by atoms with Crippen molar-refractivity contribution < 1.29 is 76.7 Å². The number of aliphatic carboxylic acids is 1. The molecule has 9 amide bonds. The number of primary amides is 1. The lowest BCUT2D eigenvalue weighted by Gasteiger charge is -2.27. The van der Waals surface area contributed by atoms with Crippen molar-refractivity contribution in [3.8, 4) is 28.5 Å². The van der Waals surface area contributed by atoms with E-state index >= 15 is 0 Å². The number of nitrogens with one attached hydrogen (secondary N) is 7. The normalized spacial score (nSPS) is 13.2. The minimum absolute atomic E-state index is 0.0184. The predicted octanol–water partition coefficient (Wildman–Crippen LogP) is 3.74. The van der Waals surface area contributed by atoms with Crippen molar-refractivity contribution in [2.24, 2.45) is 11.7 Å². The van der Waals surface area contributed by atoms with Crippen molar-refractivity contribution in [2.45, 2.75) is 104 Å². The Kier molecular flexibility index (Phi) is 27.7. The minimum Gasteiger partial charge on any atom is -0.481 e. The number of carbonyl (C=O) groups excluding carboxylic acids is 8. The van der Waals surface area contributed by atoms with E-state index in [2.05, 4.69) is 67.6 Å². The fourth-order valence-corrected chi connectivity index (χ4v) is 8.81. The fourth-order valence-electron chi connectivity index (χ4n) is 8.81. The van der Waals surface area contributed by atoms with Crippen LogP contribution in [0.3, 0.4) is 0 Å². The summed E-state index contributed by atoms with van der Waals surface area (Å²) >= 11 is 0. The topological polar surface area (TPSA) is 398 Å². The van der Waals surface area contributed by atoms with Crippen molar-refractivity contribution >= 4 is 70.3 Å². The minimum atomic E-state index is -1.35. The van der Waals surface area contributed by atoms with Gasteiger partial charge in [-0.05, 0) is 74.1 Å². The molecule has 0 fully saturated rings. The van der Waals surface area contributed by atoms with Gasteiger partial charge in [0, 0.05) is 53.9 Å². The number of benzene rings is 2. The molecule has 0 radical (unpaired) electrons. The average Bonchev–Trinajstić information content (AvgIpc) is 1.74. The molecule has 0 unspecified atom stereocenters. The Morgan fingerprint density at radius 3 is 2.02 bits per heavy atom. The van der Waals surface area contributed by atoms with Crippen LogP contribution in [0.2, 0.25) is 0 Å². The molecule has 29 nitrogen and oxygen atoms in total. The first-order valence-electron chi connectivity index (χ1n) is 29.8. The zero-order valence-electron chi connectivity index (χ0n) is 51.9. The van der Waals surface area contributed by atoms with Gasteiger partial charge < -0.3 is 76.1 Å². The van der Waals surface area contributed by atoms with Gasteiger partial charge in [0.15, 0.2) is 0 Å². The molecule has 0 bridgehead atoms. The molecule has 1 aliphatic heterocycles. The van der Waals surface area contributed by atoms with Crippen LogP contribution >= 0.6 is 0 Å². The lowest BCUT2D eigenvalue weighted by Crippen LogP contribution is -2.58. The number of pyridine rings is 1.